The Morgan fingerprint density at radius 3 is 3.06 bits per heavy atom. The number of halogens is 1. The second-order valence-corrected chi connectivity index (χ2v) is 5.20. The van der Waals surface area contributed by atoms with Gasteiger partial charge in [-0.3, -0.25) is 4.79 Å². The van der Waals surface area contributed by atoms with Crippen molar-refractivity contribution in [1.82, 2.24) is 4.57 Å². The van der Waals surface area contributed by atoms with Gasteiger partial charge in [0.25, 0.3) is 5.56 Å². The average molecular weight is 286 g/mol. The molecule has 0 amide bonds. The van der Waals surface area contributed by atoms with Crippen LogP contribution in [0.4, 0.5) is 0 Å². The summed E-state index contributed by atoms with van der Waals surface area (Å²) in [6.07, 6.45) is 5.43. The monoisotopic (exact) mass is 285 g/mol. The predicted molar refractivity (Wildman–Crippen MR) is 66.7 cm³/mol. The molecule has 0 spiro atoms. The summed E-state index contributed by atoms with van der Waals surface area (Å²) in [7, 11) is 0. The van der Waals surface area contributed by atoms with Crippen molar-refractivity contribution in [2.75, 3.05) is 6.61 Å². The van der Waals surface area contributed by atoms with Crippen LogP contribution in [-0.2, 0) is 11.3 Å². The number of rotatable bonds is 2. The summed E-state index contributed by atoms with van der Waals surface area (Å²) in [5, 5.41) is 0. The Labute approximate surface area is 104 Å². The van der Waals surface area contributed by atoms with E-state index in [1.165, 1.54) is 6.42 Å². The van der Waals surface area contributed by atoms with E-state index in [9.17, 15) is 4.79 Å². The Balaban J connectivity index is 2.17. The van der Waals surface area contributed by atoms with Crippen molar-refractivity contribution in [3.05, 3.63) is 32.7 Å². The molecule has 1 aliphatic rings. The van der Waals surface area contributed by atoms with Crippen LogP contribution in [0.15, 0.2) is 21.5 Å². The van der Waals surface area contributed by atoms with Crippen molar-refractivity contribution in [1.29, 1.82) is 0 Å². The fraction of sp³-hybridized carbons (Fsp3) is 0.583. The topological polar surface area (TPSA) is 31.2 Å². The van der Waals surface area contributed by atoms with Crippen LogP contribution in [0.2, 0.25) is 0 Å². The zero-order valence-corrected chi connectivity index (χ0v) is 11.0. The Hall–Kier alpha value is -0.610. The number of aryl methyl sites for hydroxylation is 1. The van der Waals surface area contributed by atoms with Crippen LogP contribution in [0.1, 0.15) is 24.8 Å². The molecular weight excluding hydrogens is 270 g/mol. The Kier molecular flexibility index (Phi) is 3.82. The molecule has 2 rings (SSSR count). The highest BCUT2D eigenvalue weighted by Gasteiger charge is 2.15. The third-order valence-corrected chi connectivity index (χ3v) is 3.34. The molecule has 0 saturated carbocycles. The van der Waals surface area contributed by atoms with Gasteiger partial charge in [0.05, 0.1) is 12.6 Å². The molecule has 88 valence electrons. The first kappa shape index (κ1) is 11.9. The van der Waals surface area contributed by atoms with E-state index in [1.807, 2.05) is 19.2 Å². The highest BCUT2D eigenvalue weighted by Crippen LogP contribution is 2.15. The fourth-order valence-corrected chi connectivity index (χ4v) is 2.64. The molecule has 16 heavy (non-hydrogen) atoms. The van der Waals surface area contributed by atoms with E-state index < -0.39 is 0 Å². The molecule has 1 aromatic rings. The molecule has 1 atom stereocenters. The normalized spacial score (nSPS) is 21.0. The first-order chi connectivity index (χ1) is 7.66. The molecule has 0 bridgehead atoms. The smallest absolute Gasteiger partial charge is 0.253 e. The second kappa shape index (κ2) is 5.15. The molecule has 0 aliphatic carbocycles. The van der Waals surface area contributed by atoms with Crippen LogP contribution in [0.3, 0.4) is 0 Å². The second-order valence-electron chi connectivity index (χ2n) is 4.29. The zero-order valence-electron chi connectivity index (χ0n) is 9.41. The van der Waals surface area contributed by atoms with Crippen molar-refractivity contribution < 1.29 is 4.74 Å². The van der Waals surface area contributed by atoms with Gasteiger partial charge in [0.15, 0.2) is 0 Å². The van der Waals surface area contributed by atoms with Gasteiger partial charge in [0.2, 0.25) is 0 Å². The minimum atomic E-state index is 0.0809. The van der Waals surface area contributed by atoms with Gasteiger partial charge in [-0.15, -0.1) is 0 Å². The highest BCUT2D eigenvalue weighted by atomic mass is 79.9. The summed E-state index contributed by atoms with van der Waals surface area (Å²) in [5.74, 6) is 0. The van der Waals surface area contributed by atoms with E-state index >= 15 is 0 Å². The van der Waals surface area contributed by atoms with Crippen LogP contribution < -0.4 is 5.56 Å². The summed E-state index contributed by atoms with van der Waals surface area (Å²) in [6.45, 7) is 3.33. The van der Waals surface area contributed by atoms with Gasteiger partial charge in [0.1, 0.15) is 0 Å². The SMILES string of the molecule is Cc1cc(Br)cn(CC2CCCCO2)c1=O. The maximum absolute atomic E-state index is 11.9. The average Bonchev–Trinajstić information content (AvgIpc) is 2.27. The predicted octanol–water partition coefficient (Wildman–Crippen LogP) is 2.49. The van der Waals surface area contributed by atoms with Crippen LogP contribution in [0.25, 0.3) is 0 Å². The molecule has 2 heterocycles. The van der Waals surface area contributed by atoms with E-state index in [0.717, 1.165) is 29.5 Å². The van der Waals surface area contributed by atoms with Crippen LogP contribution in [-0.4, -0.2) is 17.3 Å². The zero-order chi connectivity index (χ0) is 11.5. The summed E-state index contributed by atoms with van der Waals surface area (Å²) >= 11 is 3.41. The number of hydrogen-bond donors (Lipinski definition) is 0. The number of aromatic nitrogens is 1. The highest BCUT2D eigenvalue weighted by molar-refractivity contribution is 9.10. The lowest BCUT2D eigenvalue weighted by atomic mass is 10.1. The summed E-state index contributed by atoms with van der Waals surface area (Å²) < 4.78 is 8.33. The van der Waals surface area contributed by atoms with E-state index in [1.54, 1.807) is 4.57 Å². The molecule has 1 aromatic heterocycles. The first-order valence-electron chi connectivity index (χ1n) is 5.65. The van der Waals surface area contributed by atoms with Gasteiger partial charge >= 0.3 is 0 Å². The molecule has 0 N–H and O–H groups in total. The van der Waals surface area contributed by atoms with E-state index in [4.69, 9.17) is 4.74 Å². The van der Waals surface area contributed by atoms with Gasteiger partial charge in [-0.2, -0.15) is 0 Å². The van der Waals surface area contributed by atoms with Crippen molar-refractivity contribution in [2.24, 2.45) is 0 Å². The minimum absolute atomic E-state index is 0.0809. The van der Waals surface area contributed by atoms with Gasteiger partial charge in [0, 0.05) is 22.8 Å². The molecule has 1 saturated heterocycles. The standard InChI is InChI=1S/C12H16BrNO2/c1-9-6-10(13)7-14(12(9)15)8-11-4-2-3-5-16-11/h6-7,11H,2-5,8H2,1H3. The lowest BCUT2D eigenvalue weighted by Crippen LogP contribution is -2.31. The number of hydrogen-bond acceptors (Lipinski definition) is 2. The maximum Gasteiger partial charge on any atom is 0.253 e. The van der Waals surface area contributed by atoms with Crippen molar-refractivity contribution >= 4 is 15.9 Å². The molecule has 4 heteroatoms. The fourth-order valence-electron chi connectivity index (χ4n) is 2.05. The van der Waals surface area contributed by atoms with Crippen LogP contribution in [0, 0.1) is 6.92 Å². The number of nitrogens with zero attached hydrogens (tertiary/aromatic N) is 1. The molecule has 3 nitrogen and oxygen atoms in total. The first-order valence-corrected chi connectivity index (χ1v) is 6.44. The third-order valence-electron chi connectivity index (χ3n) is 2.91. The lowest BCUT2D eigenvalue weighted by molar-refractivity contribution is 0.00537. The number of ether oxygens (including phenoxy) is 1. The quantitative estimate of drug-likeness (QED) is 0.836. The van der Waals surface area contributed by atoms with Crippen LogP contribution >= 0.6 is 15.9 Å². The van der Waals surface area contributed by atoms with Gasteiger partial charge in [-0.05, 0) is 48.2 Å². The van der Waals surface area contributed by atoms with Gasteiger partial charge in [-0.25, -0.2) is 0 Å². The minimum Gasteiger partial charge on any atom is -0.376 e. The van der Waals surface area contributed by atoms with Crippen molar-refractivity contribution in [2.45, 2.75) is 38.8 Å². The third kappa shape index (κ3) is 2.74. The summed E-state index contributed by atoms with van der Waals surface area (Å²) in [4.78, 5) is 11.9. The molecule has 1 unspecified atom stereocenters. The molecule has 0 radical (unpaired) electrons. The Bertz CT molecular complexity index is 422. The summed E-state index contributed by atoms with van der Waals surface area (Å²) in [6, 6.07) is 1.85. The molecule has 1 aliphatic heterocycles. The van der Waals surface area contributed by atoms with E-state index in [-0.39, 0.29) is 11.7 Å². The molecule has 0 aromatic carbocycles. The molecular formula is C12H16BrNO2. The largest absolute Gasteiger partial charge is 0.376 e. The Morgan fingerprint density at radius 1 is 1.56 bits per heavy atom. The van der Waals surface area contributed by atoms with Crippen LogP contribution in [0.5, 0.6) is 0 Å². The van der Waals surface area contributed by atoms with Gasteiger partial charge < -0.3 is 9.30 Å². The Morgan fingerprint density at radius 2 is 2.38 bits per heavy atom. The van der Waals surface area contributed by atoms with E-state index in [2.05, 4.69) is 15.9 Å². The maximum atomic E-state index is 11.9. The van der Waals surface area contributed by atoms with Crippen molar-refractivity contribution in [3.8, 4) is 0 Å². The molecule has 1 fully saturated rings. The number of pyridine rings is 1. The van der Waals surface area contributed by atoms with Gasteiger partial charge in [-0.1, -0.05) is 0 Å². The lowest BCUT2D eigenvalue weighted by Gasteiger charge is -2.23. The summed E-state index contributed by atoms with van der Waals surface area (Å²) in [5.41, 5.74) is 0.850. The van der Waals surface area contributed by atoms with E-state index in [0.29, 0.717) is 6.54 Å². The van der Waals surface area contributed by atoms with Crippen molar-refractivity contribution in [3.63, 3.8) is 0 Å².